The molecule has 0 bridgehead atoms. The summed E-state index contributed by atoms with van der Waals surface area (Å²) < 4.78 is 7.04. The lowest BCUT2D eigenvalue weighted by molar-refractivity contribution is -0.727. The molecule has 8 heteroatoms. The molecule has 0 radical (unpaired) electrons. The van der Waals surface area contributed by atoms with E-state index >= 15 is 0 Å². The smallest absolute Gasteiger partial charge is 0.414 e. The van der Waals surface area contributed by atoms with Crippen LogP contribution in [-0.4, -0.2) is 36.2 Å². The molecule has 2 unspecified atom stereocenters. The maximum atomic E-state index is 10.2. The number of nitrogens with zero attached hydrogens (tertiary/aromatic N) is 1. The molecule has 2 heterocycles. The fourth-order valence-corrected chi connectivity index (χ4v) is 3.43. The first kappa shape index (κ1) is 12.9. The SMILES string of the molecule is CC12CC1(C)[n+]1c(O)c(O)c(O)c3c(O)c(O)c(O)c(c31)O2. The van der Waals surface area contributed by atoms with Gasteiger partial charge in [0.2, 0.25) is 22.8 Å². The number of phenolic OH excluding ortho intramolecular Hbond substituents is 3. The van der Waals surface area contributed by atoms with Crippen LogP contribution in [0.4, 0.5) is 0 Å². The molecule has 0 saturated heterocycles. The van der Waals surface area contributed by atoms with Gasteiger partial charge in [0.1, 0.15) is 5.39 Å². The zero-order valence-electron chi connectivity index (χ0n) is 11.7. The highest BCUT2D eigenvalue weighted by atomic mass is 16.5. The number of hydrogen-bond acceptors (Lipinski definition) is 7. The van der Waals surface area contributed by atoms with Crippen LogP contribution in [0.5, 0.6) is 40.4 Å². The van der Waals surface area contributed by atoms with Crippen molar-refractivity contribution >= 4 is 10.9 Å². The molecule has 0 spiro atoms. The van der Waals surface area contributed by atoms with Crippen molar-refractivity contribution in [3.63, 3.8) is 0 Å². The molecule has 1 aromatic heterocycles. The van der Waals surface area contributed by atoms with Gasteiger partial charge in [-0.25, -0.2) is 0 Å². The highest BCUT2D eigenvalue weighted by molar-refractivity contribution is 5.99. The van der Waals surface area contributed by atoms with Gasteiger partial charge in [-0.2, -0.15) is 0 Å². The summed E-state index contributed by atoms with van der Waals surface area (Å²) in [4.78, 5) is 0. The van der Waals surface area contributed by atoms with E-state index in [9.17, 15) is 30.6 Å². The van der Waals surface area contributed by atoms with E-state index < -0.39 is 45.8 Å². The van der Waals surface area contributed by atoms with Crippen LogP contribution < -0.4 is 9.30 Å². The Bertz CT molecular complexity index is 885. The molecule has 8 nitrogen and oxygen atoms in total. The molecule has 1 aromatic carbocycles. The minimum atomic E-state index is -0.873. The van der Waals surface area contributed by atoms with Crippen molar-refractivity contribution in [1.29, 1.82) is 0 Å². The van der Waals surface area contributed by atoms with Crippen LogP contribution in [0.2, 0.25) is 0 Å². The van der Waals surface area contributed by atoms with E-state index in [2.05, 4.69) is 0 Å². The van der Waals surface area contributed by atoms with Crippen molar-refractivity contribution in [1.82, 2.24) is 0 Å². The topological polar surface area (TPSA) is 134 Å². The number of aromatic hydroxyl groups is 6. The summed E-state index contributed by atoms with van der Waals surface area (Å²) in [6.45, 7) is 3.52. The van der Waals surface area contributed by atoms with E-state index in [0.717, 1.165) is 0 Å². The largest absolute Gasteiger partial charge is 0.503 e. The third-order valence-electron chi connectivity index (χ3n) is 4.98. The lowest BCUT2D eigenvalue weighted by Crippen LogP contribution is -2.54. The number of hydrogen-bond donors (Lipinski definition) is 6. The summed E-state index contributed by atoms with van der Waals surface area (Å²) in [6.07, 6.45) is 0.465. The molecule has 1 saturated carbocycles. The molecule has 1 aliphatic carbocycles. The van der Waals surface area contributed by atoms with Crippen molar-refractivity contribution in [2.75, 3.05) is 0 Å². The number of benzene rings is 1. The van der Waals surface area contributed by atoms with Gasteiger partial charge in [0.05, 0.1) is 6.42 Å². The van der Waals surface area contributed by atoms with Gasteiger partial charge in [-0.15, -0.1) is 4.57 Å². The first-order valence-electron chi connectivity index (χ1n) is 6.63. The van der Waals surface area contributed by atoms with Gasteiger partial charge >= 0.3 is 5.88 Å². The second-order valence-electron chi connectivity index (χ2n) is 6.24. The van der Waals surface area contributed by atoms with Gasteiger partial charge in [0, 0.05) is 6.92 Å². The van der Waals surface area contributed by atoms with Crippen molar-refractivity contribution < 1.29 is 39.9 Å². The highest BCUT2D eigenvalue weighted by Crippen LogP contribution is 2.63. The van der Waals surface area contributed by atoms with Crippen LogP contribution in [-0.2, 0) is 5.54 Å². The zero-order chi connectivity index (χ0) is 16.2. The molecule has 1 fully saturated rings. The fourth-order valence-electron chi connectivity index (χ4n) is 3.43. The molecule has 2 atom stereocenters. The first-order chi connectivity index (χ1) is 10.1. The number of aromatic nitrogens is 1. The molecule has 0 amide bonds. The Morgan fingerprint density at radius 3 is 2.09 bits per heavy atom. The monoisotopic (exact) mass is 308 g/mol. The maximum absolute atomic E-state index is 10.2. The molecule has 116 valence electrons. The van der Waals surface area contributed by atoms with Gasteiger partial charge < -0.3 is 35.4 Å². The third-order valence-corrected chi connectivity index (χ3v) is 4.98. The van der Waals surface area contributed by atoms with E-state index in [0.29, 0.717) is 6.42 Å². The molecule has 2 aromatic rings. The lowest BCUT2D eigenvalue weighted by atomic mass is 10.0. The number of fused-ring (bicyclic) bond motifs is 2. The molecule has 4 rings (SSSR count). The van der Waals surface area contributed by atoms with Crippen molar-refractivity contribution in [3.8, 4) is 40.4 Å². The van der Waals surface area contributed by atoms with Gasteiger partial charge in [-0.1, -0.05) is 0 Å². The average Bonchev–Trinajstić information content (AvgIpc) is 3.02. The second kappa shape index (κ2) is 3.18. The van der Waals surface area contributed by atoms with E-state index in [4.69, 9.17) is 4.74 Å². The third kappa shape index (κ3) is 1.07. The van der Waals surface area contributed by atoms with E-state index in [-0.39, 0.29) is 16.7 Å². The average molecular weight is 308 g/mol. The Balaban J connectivity index is 2.33. The van der Waals surface area contributed by atoms with E-state index in [1.807, 2.05) is 0 Å². The molecular formula is C14H14NO7+. The summed E-state index contributed by atoms with van der Waals surface area (Å²) in [5.41, 5.74) is -1.50. The molecular weight excluding hydrogens is 294 g/mol. The summed E-state index contributed by atoms with van der Waals surface area (Å²) in [5, 5.41) is 59.8. The van der Waals surface area contributed by atoms with Crippen molar-refractivity contribution in [2.45, 2.75) is 31.4 Å². The summed E-state index contributed by atoms with van der Waals surface area (Å²) in [7, 11) is 0. The van der Waals surface area contributed by atoms with Crippen LogP contribution in [0.25, 0.3) is 10.9 Å². The Morgan fingerprint density at radius 2 is 1.45 bits per heavy atom. The molecule has 6 N–H and O–H groups in total. The summed E-state index contributed by atoms with van der Waals surface area (Å²) >= 11 is 0. The van der Waals surface area contributed by atoms with Gasteiger partial charge in [0.15, 0.2) is 17.1 Å². The molecule has 22 heavy (non-hydrogen) atoms. The van der Waals surface area contributed by atoms with E-state index in [1.54, 1.807) is 13.8 Å². The summed E-state index contributed by atoms with van der Waals surface area (Å²) in [6, 6.07) is 0. The zero-order valence-corrected chi connectivity index (χ0v) is 11.7. The van der Waals surface area contributed by atoms with Crippen LogP contribution in [0.15, 0.2) is 0 Å². The molecule has 2 aliphatic rings. The van der Waals surface area contributed by atoms with Crippen molar-refractivity contribution in [2.24, 2.45) is 0 Å². The van der Waals surface area contributed by atoms with Crippen LogP contribution in [0.1, 0.15) is 20.3 Å². The van der Waals surface area contributed by atoms with E-state index in [1.165, 1.54) is 4.57 Å². The minimum Gasteiger partial charge on any atom is -0.503 e. The predicted octanol–water partition coefficient (Wildman–Crippen LogP) is 0.631. The highest BCUT2D eigenvalue weighted by Gasteiger charge is 2.77. The Kier molecular flexibility index (Phi) is 1.87. The van der Waals surface area contributed by atoms with Crippen molar-refractivity contribution in [3.05, 3.63) is 0 Å². The Labute approximate surface area is 123 Å². The van der Waals surface area contributed by atoms with Gasteiger partial charge in [-0.05, 0) is 6.92 Å². The first-order valence-corrected chi connectivity index (χ1v) is 6.63. The van der Waals surface area contributed by atoms with Gasteiger partial charge in [0.25, 0.3) is 11.3 Å². The standard InChI is InChI=1S/C14H13NO7/c1-13-3-14(13,2)22-11-5-4(6(16)8(18)9(11)19)7(17)10(20)12(21)15(5)13/h3H2,1-2H3,(H5,16,17,18,19,20,21)/p+1. The lowest BCUT2D eigenvalue weighted by Gasteiger charge is -2.25. The van der Waals surface area contributed by atoms with Crippen LogP contribution >= 0.6 is 0 Å². The number of rotatable bonds is 0. The normalized spacial score (nSPS) is 28.3. The predicted molar refractivity (Wildman–Crippen MR) is 71.4 cm³/mol. The number of ether oxygens (including phenoxy) is 1. The summed E-state index contributed by atoms with van der Waals surface area (Å²) in [5.74, 6) is -4.79. The second-order valence-corrected chi connectivity index (χ2v) is 6.24. The Morgan fingerprint density at radius 1 is 0.864 bits per heavy atom. The number of pyridine rings is 1. The molecule has 1 aliphatic heterocycles. The quantitative estimate of drug-likeness (QED) is 0.310. The van der Waals surface area contributed by atoms with Crippen LogP contribution in [0, 0.1) is 0 Å². The minimum absolute atomic E-state index is 0.00178. The van der Waals surface area contributed by atoms with Crippen LogP contribution in [0.3, 0.4) is 0 Å². The maximum Gasteiger partial charge on any atom is 0.414 e. The fraction of sp³-hybridized carbons (Fsp3) is 0.357. The van der Waals surface area contributed by atoms with Gasteiger partial charge in [-0.3, -0.25) is 0 Å². The Hall–Kier alpha value is -2.77. The number of phenols is 3.